The second kappa shape index (κ2) is 9.57. The molecule has 0 unspecified atom stereocenters. The van der Waals surface area contributed by atoms with Crippen molar-refractivity contribution in [3.05, 3.63) is 90.0 Å². The molecular formula is C22H18N2O4S. The number of amides is 2. The van der Waals surface area contributed by atoms with Crippen molar-refractivity contribution < 1.29 is 19.5 Å². The van der Waals surface area contributed by atoms with Crippen molar-refractivity contribution in [1.82, 2.24) is 0 Å². The van der Waals surface area contributed by atoms with Gasteiger partial charge in [0.2, 0.25) is 5.91 Å². The lowest BCUT2D eigenvalue weighted by Crippen LogP contribution is -2.16. The molecule has 29 heavy (non-hydrogen) atoms. The van der Waals surface area contributed by atoms with Crippen LogP contribution in [0.25, 0.3) is 0 Å². The number of thioether (sulfide) groups is 1. The molecule has 7 heteroatoms. The lowest BCUT2D eigenvalue weighted by Gasteiger charge is -2.09. The van der Waals surface area contributed by atoms with E-state index in [-0.39, 0.29) is 22.8 Å². The van der Waals surface area contributed by atoms with Crippen molar-refractivity contribution in [2.75, 3.05) is 16.4 Å². The van der Waals surface area contributed by atoms with Gasteiger partial charge in [0.05, 0.1) is 16.9 Å². The van der Waals surface area contributed by atoms with Crippen LogP contribution < -0.4 is 10.6 Å². The first-order valence-corrected chi connectivity index (χ1v) is 9.73. The lowest BCUT2D eigenvalue weighted by atomic mass is 10.1. The topological polar surface area (TPSA) is 95.5 Å². The van der Waals surface area contributed by atoms with E-state index in [2.05, 4.69) is 10.6 Å². The smallest absolute Gasteiger partial charge is 0.336 e. The van der Waals surface area contributed by atoms with Crippen LogP contribution in [0.2, 0.25) is 0 Å². The number of carbonyl (C=O) groups excluding carboxylic acids is 2. The van der Waals surface area contributed by atoms with Crippen LogP contribution in [-0.4, -0.2) is 28.6 Å². The second-order valence-electron chi connectivity index (χ2n) is 6.04. The minimum Gasteiger partial charge on any atom is -0.478 e. The van der Waals surface area contributed by atoms with E-state index in [0.29, 0.717) is 5.69 Å². The molecule has 0 fully saturated rings. The molecule has 0 radical (unpaired) electrons. The highest BCUT2D eigenvalue weighted by Gasteiger charge is 2.16. The van der Waals surface area contributed by atoms with E-state index in [1.165, 1.54) is 23.9 Å². The Morgan fingerprint density at radius 3 is 2.14 bits per heavy atom. The summed E-state index contributed by atoms with van der Waals surface area (Å²) in [7, 11) is 0. The average Bonchev–Trinajstić information content (AvgIpc) is 2.73. The van der Waals surface area contributed by atoms with E-state index >= 15 is 0 Å². The largest absolute Gasteiger partial charge is 0.478 e. The Labute approximate surface area is 172 Å². The predicted molar refractivity (Wildman–Crippen MR) is 114 cm³/mol. The molecule has 146 valence electrons. The van der Waals surface area contributed by atoms with Crippen LogP contribution in [0.15, 0.2) is 83.8 Å². The van der Waals surface area contributed by atoms with Crippen LogP contribution in [0.4, 0.5) is 11.4 Å². The van der Waals surface area contributed by atoms with Crippen LogP contribution in [0.1, 0.15) is 20.7 Å². The standard InChI is InChI=1S/C22H18N2O4S/c25-20(23-15-7-2-1-3-8-15)14-29-17-10-6-9-16(13-17)24-21(26)18-11-4-5-12-19(18)22(27)28/h1-13H,14H2,(H,23,25)(H,24,26)(H,27,28). The van der Waals surface area contributed by atoms with Gasteiger partial charge in [0.15, 0.2) is 0 Å². The van der Waals surface area contributed by atoms with E-state index in [4.69, 9.17) is 0 Å². The number of rotatable bonds is 7. The van der Waals surface area contributed by atoms with Crippen molar-refractivity contribution in [3.63, 3.8) is 0 Å². The quantitative estimate of drug-likeness (QED) is 0.507. The van der Waals surface area contributed by atoms with Crippen LogP contribution in [0, 0.1) is 0 Å². The number of hydrogen-bond acceptors (Lipinski definition) is 4. The molecule has 0 saturated heterocycles. The second-order valence-corrected chi connectivity index (χ2v) is 7.08. The fourth-order valence-electron chi connectivity index (χ4n) is 2.60. The molecule has 0 atom stereocenters. The first-order valence-electron chi connectivity index (χ1n) is 8.74. The van der Waals surface area contributed by atoms with Gasteiger partial charge in [-0.15, -0.1) is 11.8 Å². The van der Waals surface area contributed by atoms with Crippen molar-refractivity contribution in [2.24, 2.45) is 0 Å². The number of hydrogen-bond donors (Lipinski definition) is 3. The third kappa shape index (κ3) is 5.70. The molecule has 0 bridgehead atoms. The maximum absolute atomic E-state index is 12.5. The molecule has 2 amide bonds. The average molecular weight is 406 g/mol. The maximum Gasteiger partial charge on any atom is 0.336 e. The monoisotopic (exact) mass is 406 g/mol. The van der Waals surface area contributed by atoms with E-state index in [9.17, 15) is 19.5 Å². The molecule has 3 rings (SSSR count). The summed E-state index contributed by atoms with van der Waals surface area (Å²) in [6.45, 7) is 0. The summed E-state index contributed by atoms with van der Waals surface area (Å²) in [5, 5.41) is 14.7. The molecule has 0 aliphatic heterocycles. The molecule has 3 aromatic rings. The summed E-state index contributed by atoms with van der Waals surface area (Å²) in [6, 6.07) is 22.3. The SMILES string of the molecule is O=C(CSc1cccc(NC(=O)c2ccccc2C(=O)O)c1)Nc1ccccc1. The van der Waals surface area contributed by atoms with Gasteiger partial charge in [-0.25, -0.2) is 4.79 Å². The number of carboxylic acid groups (broad SMARTS) is 1. The zero-order chi connectivity index (χ0) is 20.6. The van der Waals surface area contributed by atoms with E-state index in [1.54, 1.807) is 30.3 Å². The van der Waals surface area contributed by atoms with Gasteiger partial charge in [0.25, 0.3) is 5.91 Å². The minimum absolute atomic E-state index is 0.0619. The first-order chi connectivity index (χ1) is 14.0. The van der Waals surface area contributed by atoms with Crippen LogP contribution in [0.3, 0.4) is 0 Å². The van der Waals surface area contributed by atoms with E-state index in [1.807, 2.05) is 36.4 Å². The number of carbonyl (C=O) groups is 3. The third-order valence-corrected chi connectivity index (χ3v) is 4.92. The van der Waals surface area contributed by atoms with Crippen LogP contribution in [-0.2, 0) is 4.79 Å². The van der Waals surface area contributed by atoms with Gasteiger partial charge < -0.3 is 15.7 Å². The van der Waals surface area contributed by atoms with Crippen molar-refractivity contribution in [3.8, 4) is 0 Å². The highest BCUT2D eigenvalue weighted by Crippen LogP contribution is 2.23. The van der Waals surface area contributed by atoms with E-state index in [0.717, 1.165) is 10.6 Å². The maximum atomic E-state index is 12.5. The fraction of sp³-hybridized carbons (Fsp3) is 0.0455. The molecule has 0 aliphatic carbocycles. The Morgan fingerprint density at radius 2 is 1.41 bits per heavy atom. The Morgan fingerprint density at radius 1 is 0.759 bits per heavy atom. The number of anilines is 2. The Bertz CT molecular complexity index is 1040. The molecule has 0 aromatic heterocycles. The normalized spacial score (nSPS) is 10.2. The highest BCUT2D eigenvalue weighted by atomic mass is 32.2. The summed E-state index contributed by atoms with van der Waals surface area (Å²) in [6.07, 6.45) is 0. The number of para-hydroxylation sites is 1. The Kier molecular flexibility index (Phi) is 6.65. The summed E-state index contributed by atoms with van der Waals surface area (Å²) in [4.78, 5) is 36.6. The van der Waals surface area contributed by atoms with Crippen LogP contribution in [0.5, 0.6) is 0 Å². The minimum atomic E-state index is -1.16. The number of benzene rings is 3. The fourth-order valence-corrected chi connectivity index (χ4v) is 3.35. The van der Waals surface area contributed by atoms with Crippen LogP contribution >= 0.6 is 11.8 Å². The van der Waals surface area contributed by atoms with Gasteiger partial charge in [0, 0.05) is 16.3 Å². The lowest BCUT2D eigenvalue weighted by molar-refractivity contribution is -0.113. The zero-order valence-electron chi connectivity index (χ0n) is 15.3. The molecular weight excluding hydrogens is 388 g/mol. The highest BCUT2D eigenvalue weighted by molar-refractivity contribution is 8.00. The number of carboxylic acids is 1. The van der Waals surface area contributed by atoms with Crippen molar-refractivity contribution in [2.45, 2.75) is 4.90 Å². The third-order valence-electron chi connectivity index (χ3n) is 3.92. The summed E-state index contributed by atoms with van der Waals surface area (Å²) in [5.41, 5.74) is 1.27. The Hall–Kier alpha value is -3.58. The Balaban J connectivity index is 1.62. The molecule has 3 aromatic carbocycles. The molecule has 0 spiro atoms. The van der Waals surface area contributed by atoms with Gasteiger partial charge in [-0.05, 0) is 42.5 Å². The van der Waals surface area contributed by atoms with E-state index < -0.39 is 11.9 Å². The van der Waals surface area contributed by atoms with Crippen molar-refractivity contribution in [1.29, 1.82) is 0 Å². The summed E-state index contributed by atoms with van der Waals surface area (Å²) < 4.78 is 0. The van der Waals surface area contributed by atoms with Gasteiger partial charge in [-0.1, -0.05) is 36.4 Å². The van der Waals surface area contributed by atoms with Gasteiger partial charge in [-0.2, -0.15) is 0 Å². The van der Waals surface area contributed by atoms with Gasteiger partial charge in [-0.3, -0.25) is 9.59 Å². The number of nitrogens with one attached hydrogen (secondary N) is 2. The number of aromatic carboxylic acids is 1. The summed E-state index contributed by atoms with van der Waals surface area (Å²) in [5.74, 6) is -1.59. The van der Waals surface area contributed by atoms with Gasteiger partial charge in [0.1, 0.15) is 0 Å². The first kappa shape index (κ1) is 20.2. The molecule has 6 nitrogen and oxygen atoms in total. The van der Waals surface area contributed by atoms with Gasteiger partial charge >= 0.3 is 5.97 Å². The molecule has 0 aliphatic rings. The molecule has 0 heterocycles. The zero-order valence-corrected chi connectivity index (χ0v) is 16.1. The molecule has 0 saturated carbocycles. The summed E-state index contributed by atoms with van der Waals surface area (Å²) >= 11 is 1.34. The predicted octanol–water partition coefficient (Wildman–Crippen LogP) is 4.37. The molecule has 3 N–H and O–H groups in total. The van der Waals surface area contributed by atoms with Crippen molar-refractivity contribution >= 4 is 40.9 Å².